The number of carbonyl (C=O) groups is 2. The van der Waals surface area contributed by atoms with Crippen LogP contribution in [0, 0.1) is 0 Å². The Labute approximate surface area is 179 Å². The van der Waals surface area contributed by atoms with Gasteiger partial charge >= 0.3 is 0 Å². The highest BCUT2D eigenvalue weighted by atomic mass is 16.7. The molecule has 162 valence electrons. The van der Waals surface area contributed by atoms with Gasteiger partial charge in [-0.1, -0.05) is 54.7 Å². The van der Waals surface area contributed by atoms with Gasteiger partial charge in [0.2, 0.25) is 0 Å². The van der Waals surface area contributed by atoms with E-state index in [9.17, 15) is 9.59 Å². The molecule has 2 rings (SSSR count). The SMILES string of the molecule is C=CC1=CC(C)=CCC1.C=CCOCc1ccccc1C(=O)NCC(=O)N(C)OC. The van der Waals surface area contributed by atoms with E-state index in [0.717, 1.165) is 10.6 Å². The zero-order valence-corrected chi connectivity index (χ0v) is 18.1. The van der Waals surface area contributed by atoms with Gasteiger partial charge in [0.05, 0.1) is 26.9 Å². The van der Waals surface area contributed by atoms with Crippen molar-refractivity contribution in [3.05, 3.63) is 84.0 Å². The standard InChI is InChI=1S/C15H20N2O4.C9H12/c1-4-9-21-11-12-7-5-6-8-13(12)15(19)16-10-14(18)17(2)20-3;1-3-9-6-4-5-8(2)7-9/h4-8H,1,9-11H2,2-3H3,(H,16,19);3,5,7H,1,4,6H2,2H3. The molecule has 0 aromatic heterocycles. The van der Waals surface area contributed by atoms with Crippen LogP contribution in [0.4, 0.5) is 0 Å². The van der Waals surface area contributed by atoms with E-state index >= 15 is 0 Å². The van der Waals surface area contributed by atoms with Crippen molar-refractivity contribution in [2.45, 2.75) is 26.4 Å². The number of carbonyl (C=O) groups excluding carboxylic acids is 2. The number of nitrogens with zero attached hydrogens (tertiary/aromatic N) is 1. The monoisotopic (exact) mass is 412 g/mol. The summed E-state index contributed by atoms with van der Waals surface area (Å²) in [4.78, 5) is 28.4. The molecule has 6 heteroatoms. The summed E-state index contributed by atoms with van der Waals surface area (Å²) in [6, 6.07) is 7.08. The maximum absolute atomic E-state index is 12.1. The highest BCUT2D eigenvalue weighted by molar-refractivity contribution is 5.97. The topological polar surface area (TPSA) is 67.9 Å². The molecule has 0 saturated carbocycles. The second-order valence-corrected chi connectivity index (χ2v) is 6.63. The number of hydrogen-bond acceptors (Lipinski definition) is 4. The fourth-order valence-corrected chi connectivity index (χ4v) is 2.64. The highest BCUT2D eigenvalue weighted by Crippen LogP contribution is 2.16. The molecule has 0 unspecified atom stereocenters. The smallest absolute Gasteiger partial charge is 0.265 e. The molecule has 1 aliphatic rings. The van der Waals surface area contributed by atoms with E-state index in [0.29, 0.717) is 18.8 Å². The first-order chi connectivity index (χ1) is 14.4. The van der Waals surface area contributed by atoms with E-state index in [2.05, 4.69) is 37.6 Å². The van der Waals surface area contributed by atoms with Crippen LogP contribution in [-0.4, -0.2) is 44.2 Å². The molecule has 0 fully saturated rings. The third-order valence-corrected chi connectivity index (χ3v) is 4.36. The zero-order valence-electron chi connectivity index (χ0n) is 18.1. The Morgan fingerprint density at radius 2 is 2.00 bits per heavy atom. The Balaban J connectivity index is 0.000000414. The van der Waals surface area contributed by atoms with Gasteiger partial charge in [0, 0.05) is 12.6 Å². The minimum atomic E-state index is -0.341. The average Bonchev–Trinajstić information content (AvgIpc) is 2.77. The lowest BCUT2D eigenvalue weighted by Crippen LogP contribution is -2.37. The largest absolute Gasteiger partial charge is 0.373 e. The summed E-state index contributed by atoms with van der Waals surface area (Å²) >= 11 is 0. The number of likely N-dealkylation sites (N-methyl/N-ethyl adjacent to an activating group) is 1. The summed E-state index contributed by atoms with van der Waals surface area (Å²) in [5.41, 5.74) is 3.98. The first kappa shape index (κ1) is 25.1. The first-order valence-corrected chi connectivity index (χ1v) is 9.78. The van der Waals surface area contributed by atoms with Gasteiger partial charge in [-0.25, -0.2) is 5.06 Å². The molecule has 0 saturated heterocycles. The van der Waals surface area contributed by atoms with Crippen LogP contribution in [0.5, 0.6) is 0 Å². The minimum Gasteiger partial charge on any atom is -0.373 e. The number of hydroxylamine groups is 2. The number of hydrogen-bond donors (Lipinski definition) is 1. The minimum absolute atomic E-state index is 0.134. The van der Waals surface area contributed by atoms with Crippen LogP contribution < -0.4 is 5.32 Å². The van der Waals surface area contributed by atoms with Crippen molar-refractivity contribution in [3.63, 3.8) is 0 Å². The van der Waals surface area contributed by atoms with Crippen molar-refractivity contribution in [2.24, 2.45) is 0 Å². The summed E-state index contributed by atoms with van der Waals surface area (Å²) in [7, 11) is 2.86. The first-order valence-electron chi connectivity index (χ1n) is 9.78. The molecule has 6 nitrogen and oxygen atoms in total. The van der Waals surface area contributed by atoms with Gasteiger partial charge in [0.15, 0.2) is 0 Å². The third-order valence-electron chi connectivity index (χ3n) is 4.36. The number of rotatable bonds is 9. The molecule has 0 radical (unpaired) electrons. The van der Waals surface area contributed by atoms with Crippen LogP contribution in [0.1, 0.15) is 35.7 Å². The Morgan fingerprint density at radius 1 is 1.27 bits per heavy atom. The predicted molar refractivity (Wildman–Crippen MR) is 120 cm³/mol. The van der Waals surface area contributed by atoms with E-state index in [1.165, 1.54) is 38.1 Å². The predicted octanol–water partition coefficient (Wildman–Crippen LogP) is 3.98. The maximum atomic E-state index is 12.1. The molecule has 1 aliphatic carbocycles. The van der Waals surface area contributed by atoms with E-state index in [1.54, 1.807) is 24.3 Å². The summed E-state index contributed by atoms with van der Waals surface area (Å²) in [5, 5.41) is 3.61. The summed E-state index contributed by atoms with van der Waals surface area (Å²) in [5.74, 6) is -0.670. The fourth-order valence-electron chi connectivity index (χ4n) is 2.64. The van der Waals surface area contributed by atoms with E-state index in [4.69, 9.17) is 9.57 Å². The van der Waals surface area contributed by atoms with E-state index < -0.39 is 0 Å². The Hall–Kier alpha value is -2.96. The van der Waals surface area contributed by atoms with Crippen LogP contribution in [0.15, 0.2) is 72.9 Å². The van der Waals surface area contributed by atoms with E-state index in [-0.39, 0.29) is 18.4 Å². The lowest BCUT2D eigenvalue weighted by atomic mass is 10.0. The molecule has 0 heterocycles. The Bertz CT molecular complexity index is 796. The molecule has 1 N–H and O–H groups in total. The van der Waals surface area contributed by atoms with Crippen LogP contribution in [-0.2, 0) is 21.0 Å². The van der Waals surface area contributed by atoms with Gasteiger partial charge in [-0.3, -0.25) is 14.4 Å². The second kappa shape index (κ2) is 14.1. The molecule has 30 heavy (non-hydrogen) atoms. The van der Waals surface area contributed by atoms with E-state index in [1.807, 2.05) is 12.1 Å². The molecule has 0 bridgehead atoms. The molecule has 0 spiro atoms. The molecule has 1 aromatic carbocycles. The summed E-state index contributed by atoms with van der Waals surface area (Å²) < 4.78 is 5.35. The average molecular weight is 413 g/mol. The third kappa shape index (κ3) is 9.03. The van der Waals surface area contributed by atoms with Gasteiger partial charge in [0.1, 0.15) is 0 Å². The summed E-state index contributed by atoms with van der Waals surface area (Å²) in [6.45, 7) is 10.00. The molecular weight excluding hydrogens is 380 g/mol. The molecule has 2 amide bonds. The number of nitrogens with one attached hydrogen (secondary N) is 1. The Kier molecular flexibility index (Phi) is 11.8. The van der Waals surface area contributed by atoms with Crippen LogP contribution in [0.3, 0.4) is 0 Å². The van der Waals surface area contributed by atoms with Crippen molar-refractivity contribution in [2.75, 3.05) is 27.3 Å². The quantitative estimate of drug-likeness (QED) is 0.378. The molecule has 0 aliphatic heterocycles. The van der Waals surface area contributed by atoms with Crippen LogP contribution in [0.25, 0.3) is 0 Å². The number of benzene rings is 1. The molecular formula is C24H32N2O4. The van der Waals surface area contributed by atoms with Crippen LogP contribution in [0.2, 0.25) is 0 Å². The van der Waals surface area contributed by atoms with Gasteiger partial charge in [-0.05, 0) is 37.0 Å². The van der Waals surface area contributed by atoms with Crippen molar-refractivity contribution in [3.8, 4) is 0 Å². The molecule has 1 aromatic rings. The molecule has 0 atom stereocenters. The van der Waals surface area contributed by atoms with Crippen molar-refractivity contribution in [1.29, 1.82) is 0 Å². The van der Waals surface area contributed by atoms with Gasteiger partial charge < -0.3 is 10.1 Å². The number of ether oxygens (including phenoxy) is 1. The van der Waals surface area contributed by atoms with Gasteiger partial charge in [-0.15, -0.1) is 6.58 Å². The number of allylic oxidation sites excluding steroid dienone is 5. The van der Waals surface area contributed by atoms with Crippen molar-refractivity contribution >= 4 is 11.8 Å². The lowest BCUT2D eigenvalue weighted by Gasteiger charge is -2.14. The van der Waals surface area contributed by atoms with Gasteiger partial charge in [-0.2, -0.15) is 0 Å². The van der Waals surface area contributed by atoms with Crippen molar-refractivity contribution < 1.29 is 19.2 Å². The fraction of sp³-hybridized carbons (Fsp3) is 0.333. The van der Waals surface area contributed by atoms with Crippen molar-refractivity contribution in [1.82, 2.24) is 10.4 Å². The maximum Gasteiger partial charge on any atom is 0.265 e. The van der Waals surface area contributed by atoms with Crippen LogP contribution >= 0.6 is 0 Å². The second-order valence-electron chi connectivity index (χ2n) is 6.63. The lowest BCUT2D eigenvalue weighted by molar-refractivity contribution is -0.167. The normalized spacial score (nSPS) is 12.5. The number of amides is 2. The summed E-state index contributed by atoms with van der Waals surface area (Å²) in [6.07, 6.45) is 10.4. The Morgan fingerprint density at radius 3 is 2.60 bits per heavy atom. The highest BCUT2D eigenvalue weighted by Gasteiger charge is 2.14. The van der Waals surface area contributed by atoms with Gasteiger partial charge in [0.25, 0.3) is 11.8 Å². The zero-order chi connectivity index (χ0) is 22.4.